The van der Waals surface area contributed by atoms with Crippen molar-refractivity contribution in [2.75, 3.05) is 7.11 Å². The van der Waals surface area contributed by atoms with Crippen LogP contribution in [0.5, 0.6) is 5.75 Å². The molecule has 2 heterocycles. The van der Waals surface area contributed by atoms with Crippen LogP contribution in [0, 0.1) is 6.92 Å². The molecule has 0 aliphatic heterocycles. The Balaban J connectivity index is 2.04. The Morgan fingerprint density at radius 1 is 1.41 bits per heavy atom. The zero-order valence-corrected chi connectivity index (χ0v) is 9.92. The van der Waals surface area contributed by atoms with E-state index in [0.717, 1.165) is 22.7 Å². The highest BCUT2D eigenvalue weighted by Crippen LogP contribution is 2.35. The summed E-state index contributed by atoms with van der Waals surface area (Å²) in [7, 11) is 1.65. The Labute approximate surface area is 99.4 Å². The van der Waals surface area contributed by atoms with E-state index in [1.54, 1.807) is 24.3 Å². The van der Waals surface area contributed by atoms with E-state index in [-0.39, 0.29) is 0 Å². The molecule has 1 aliphatic rings. The van der Waals surface area contributed by atoms with Crippen molar-refractivity contribution < 1.29 is 4.74 Å². The molecule has 0 bridgehead atoms. The fourth-order valence-corrected chi connectivity index (χ4v) is 1.89. The molecule has 0 aromatic carbocycles. The molecule has 0 spiro atoms. The van der Waals surface area contributed by atoms with E-state index in [2.05, 4.69) is 15.2 Å². The normalized spacial score (nSPS) is 14.9. The standard InChI is InChI=1S/C12H14N4O/c1-8-12(17-2)10(5-6-13-8)11-7-14-16(15-11)9-3-4-9/h5-7,9H,3-4H2,1-2H3. The van der Waals surface area contributed by atoms with Crippen LogP contribution in [0.4, 0.5) is 0 Å². The topological polar surface area (TPSA) is 52.8 Å². The van der Waals surface area contributed by atoms with Gasteiger partial charge in [-0.05, 0) is 25.8 Å². The van der Waals surface area contributed by atoms with Crippen molar-refractivity contribution >= 4 is 0 Å². The monoisotopic (exact) mass is 230 g/mol. The molecule has 5 nitrogen and oxygen atoms in total. The van der Waals surface area contributed by atoms with E-state index < -0.39 is 0 Å². The molecule has 2 aromatic rings. The lowest BCUT2D eigenvalue weighted by Crippen LogP contribution is -1.99. The number of hydrogen-bond donors (Lipinski definition) is 0. The van der Waals surface area contributed by atoms with Gasteiger partial charge in [-0.1, -0.05) is 0 Å². The molecule has 5 heteroatoms. The Morgan fingerprint density at radius 3 is 2.94 bits per heavy atom. The van der Waals surface area contributed by atoms with Crippen molar-refractivity contribution in [1.29, 1.82) is 0 Å². The van der Waals surface area contributed by atoms with Gasteiger partial charge in [-0.15, -0.1) is 0 Å². The van der Waals surface area contributed by atoms with Gasteiger partial charge in [0.2, 0.25) is 0 Å². The molecular formula is C12H14N4O. The van der Waals surface area contributed by atoms with E-state index >= 15 is 0 Å². The fraction of sp³-hybridized carbons (Fsp3) is 0.417. The summed E-state index contributed by atoms with van der Waals surface area (Å²) in [6.45, 7) is 1.92. The predicted octanol–water partition coefficient (Wildman–Crippen LogP) is 1.99. The first-order valence-electron chi connectivity index (χ1n) is 5.71. The summed E-state index contributed by atoms with van der Waals surface area (Å²) in [6, 6.07) is 2.41. The second-order valence-corrected chi connectivity index (χ2v) is 4.26. The Morgan fingerprint density at radius 2 is 2.24 bits per heavy atom. The van der Waals surface area contributed by atoms with Crippen LogP contribution in [0.15, 0.2) is 18.5 Å². The van der Waals surface area contributed by atoms with Crippen LogP contribution in [-0.2, 0) is 0 Å². The maximum Gasteiger partial charge on any atom is 0.149 e. The molecule has 3 rings (SSSR count). The summed E-state index contributed by atoms with van der Waals surface area (Å²) in [4.78, 5) is 6.01. The number of aryl methyl sites for hydroxylation is 1. The second-order valence-electron chi connectivity index (χ2n) is 4.26. The molecule has 2 aromatic heterocycles. The van der Waals surface area contributed by atoms with Crippen molar-refractivity contribution in [2.24, 2.45) is 0 Å². The minimum atomic E-state index is 0.498. The largest absolute Gasteiger partial charge is 0.494 e. The summed E-state index contributed by atoms with van der Waals surface area (Å²) in [6.07, 6.45) is 5.92. The number of methoxy groups -OCH3 is 1. The van der Waals surface area contributed by atoms with Gasteiger partial charge in [-0.2, -0.15) is 15.0 Å². The number of rotatable bonds is 3. The minimum Gasteiger partial charge on any atom is -0.494 e. The van der Waals surface area contributed by atoms with Crippen LogP contribution >= 0.6 is 0 Å². The third-order valence-corrected chi connectivity index (χ3v) is 2.94. The van der Waals surface area contributed by atoms with Gasteiger partial charge >= 0.3 is 0 Å². The van der Waals surface area contributed by atoms with E-state index in [1.807, 2.05) is 13.0 Å². The smallest absolute Gasteiger partial charge is 0.149 e. The highest BCUT2D eigenvalue weighted by atomic mass is 16.5. The lowest BCUT2D eigenvalue weighted by molar-refractivity contribution is 0.410. The average molecular weight is 230 g/mol. The second kappa shape index (κ2) is 3.84. The number of ether oxygens (including phenoxy) is 1. The van der Waals surface area contributed by atoms with Crippen LogP contribution in [-0.4, -0.2) is 27.1 Å². The van der Waals surface area contributed by atoms with Crippen LogP contribution < -0.4 is 4.74 Å². The van der Waals surface area contributed by atoms with Crippen molar-refractivity contribution in [1.82, 2.24) is 20.0 Å². The highest BCUT2D eigenvalue weighted by Gasteiger charge is 2.26. The van der Waals surface area contributed by atoms with E-state index in [9.17, 15) is 0 Å². The van der Waals surface area contributed by atoms with Crippen molar-refractivity contribution in [3.63, 3.8) is 0 Å². The third-order valence-electron chi connectivity index (χ3n) is 2.94. The maximum atomic E-state index is 5.38. The van der Waals surface area contributed by atoms with E-state index in [4.69, 9.17) is 4.74 Å². The lowest BCUT2D eigenvalue weighted by atomic mass is 10.1. The van der Waals surface area contributed by atoms with Crippen LogP contribution in [0.3, 0.4) is 0 Å². The molecule has 0 amide bonds. The van der Waals surface area contributed by atoms with Gasteiger partial charge in [-0.25, -0.2) is 0 Å². The summed E-state index contributed by atoms with van der Waals surface area (Å²) in [5.74, 6) is 0.773. The molecule has 1 fully saturated rings. The van der Waals surface area contributed by atoms with Crippen molar-refractivity contribution in [3.05, 3.63) is 24.2 Å². The summed E-state index contributed by atoms with van der Waals surface area (Å²) < 4.78 is 5.38. The van der Waals surface area contributed by atoms with Gasteiger partial charge < -0.3 is 4.74 Å². The van der Waals surface area contributed by atoms with Crippen LogP contribution in [0.25, 0.3) is 11.3 Å². The molecule has 0 saturated heterocycles. The molecular weight excluding hydrogens is 216 g/mol. The SMILES string of the molecule is COc1c(-c2cnn(C3CC3)n2)ccnc1C. The summed E-state index contributed by atoms with van der Waals surface area (Å²) in [5.41, 5.74) is 2.66. The van der Waals surface area contributed by atoms with Gasteiger partial charge in [0.25, 0.3) is 0 Å². The van der Waals surface area contributed by atoms with E-state index in [1.165, 1.54) is 12.8 Å². The molecule has 1 aliphatic carbocycles. The molecule has 17 heavy (non-hydrogen) atoms. The Kier molecular flexibility index (Phi) is 2.31. The molecule has 0 atom stereocenters. The predicted molar refractivity (Wildman–Crippen MR) is 62.8 cm³/mol. The molecule has 0 radical (unpaired) electrons. The third kappa shape index (κ3) is 1.77. The molecule has 0 N–H and O–H groups in total. The Hall–Kier alpha value is -1.91. The molecule has 88 valence electrons. The summed E-state index contributed by atoms with van der Waals surface area (Å²) in [5, 5.41) is 8.78. The number of nitrogens with zero attached hydrogens (tertiary/aromatic N) is 4. The van der Waals surface area contributed by atoms with Crippen molar-refractivity contribution in [3.8, 4) is 17.0 Å². The number of aromatic nitrogens is 4. The quantitative estimate of drug-likeness (QED) is 0.809. The molecule has 1 saturated carbocycles. The van der Waals surface area contributed by atoms with Gasteiger partial charge in [0.05, 0.1) is 25.0 Å². The van der Waals surface area contributed by atoms with Gasteiger partial charge in [0, 0.05) is 11.8 Å². The first-order valence-corrected chi connectivity index (χ1v) is 5.71. The number of pyridine rings is 1. The Bertz CT molecular complexity index is 545. The first kappa shape index (κ1) is 10.3. The van der Waals surface area contributed by atoms with Gasteiger partial charge in [0.1, 0.15) is 11.4 Å². The highest BCUT2D eigenvalue weighted by molar-refractivity contribution is 5.66. The lowest BCUT2D eigenvalue weighted by Gasteiger charge is -2.07. The maximum absolute atomic E-state index is 5.38. The minimum absolute atomic E-state index is 0.498. The van der Waals surface area contributed by atoms with Gasteiger partial charge in [-0.3, -0.25) is 4.98 Å². The van der Waals surface area contributed by atoms with Crippen molar-refractivity contribution in [2.45, 2.75) is 25.8 Å². The summed E-state index contributed by atoms with van der Waals surface area (Å²) >= 11 is 0. The fourth-order valence-electron chi connectivity index (χ4n) is 1.89. The van der Waals surface area contributed by atoms with E-state index in [0.29, 0.717) is 6.04 Å². The van der Waals surface area contributed by atoms with Crippen LogP contribution in [0.1, 0.15) is 24.6 Å². The molecule has 0 unspecified atom stereocenters. The number of hydrogen-bond acceptors (Lipinski definition) is 4. The zero-order chi connectivity index (χ0) is 11.8. The first-order chi connectivity index (χ1) is 8.29. The van der Waals surface area contributed by atoms with Gasteiger partial charge in [0.15, 0.2) is 0 Å². The average Bonchev–Trinajstić information content (AvgIpc) is 3.07. The van der Waals surface area contributed by atoms with Crippen LogP contribution in [0.2, 0.25) is 0 Å². The zero-order valence-electron chi connectivity index (χ0n) is 9.92.